The van der Waals surface area contributed by atoms with Crippen LogP contribution < -0.4 is 15.4 Å². The van der Waals surface area contributed by atoms with Crippen molar-refractivity contribution in [1.82, 2.24) is 20.4 Å². The van der Waals surface area contributed by atoms with E-state index in [1.54, 1.807) is 11.8 Å². The van der Waals surface area contributed by atoms with E-state index in [2.05, 4.69) is 15.7 Å². The summed E-state index contributed by atoms with van der Waals surface area (Å²) >= 11 is 0. The Hall–Kier alpha value is -2.83. The SMILES string of the molecule is CNC(=O)c1cc(C(=O)NC2CC2)n(Cc2ccc(OC)cc2)n1. The van der Waals surface area contributed by atoms with Crippen LogP contribution in [0.25, 0.3) is 0 Å². The molecule has 1 fully saturated rings. The van der Waals surface area contributed by atoms with Crippen LogP contribution >= 0.6 is 0 Å². The first-order valence-corrected chi connectivity index (χ1v) is 7.84. The molecule has 0 aliphatic heterocycles. The quantitative estimate of drug-likeness (QED) is 0.834. The standard InChI is InChI=1S/C17H20N4O3/c1-18-16(22)14-9-15(17(23)19-12-5-6-12)21(20-14)10-11-3-7-13(24-2)8-4-11/h3-4,7-9,12H,5-6,10H2,1-2H3,(H,18,22)(H,19,23). The molecule has 1 aromatic carbocycles. The number of rotatable bonds is 6. The van der Waals surface area contributed by atoms with Crippen molar-refractivity contribution in [3.63, 3.8) is 0 Å². The molecule has 2 N–H and O–H groups in total. The van der Waals surface area contributed by atoms with Crippen molar-refractivity contribution in [2.75, 3.05) is 14.2 Å². The number of benzene rings is 1. The van der Waals surface area contributed by atoms with Gasteiger partial charge in [0.1, 0.15) is 11.4 Å². The van der Waals surface area contributed by atoms with Gasteiger partial charge in [-0.15, -0.1) is 0 Å². The van der Waals surface area contributed by atoms with Crippen molar-refractivity contribution in [3.05, 3.63) is 47.3 Å². The lowest BCUT2D eigenvalue weighted by Gasteiger charge is -2.08. The van der Waals surface area contributed by atoms with Crippen LogP contribution in [0.2, 0.25) is 0 Å². The van der Waals surface area contributed by atoms with E-state index in [1.165, 1.54) is 13.1 Å². The Balaban J connectivity index is 1.86. The largest absolute Gasteiger partial charge is 0.497 e. The zero-order valence-electron chi connectivity index (χ0n) is 13.7. The summed E-state index contributed by atoms with van der Waals surface area (Å²) in [5, 5.41) is 9.74. The second kappa shape index (κ2) is 6.74. The molecular formula is C17H20N4O3. The number of nitrogens with zero attached hydrogens (tertiary/aromatic N) is 2. The van der Waals surface area contributed by atoms with Gasteiger partial charge in [0.2, 0.25) is 0 Å². The lowest BCUT2D eigenvalue weighted by Crippen LogP contribution is -2.28. The molecular weight excluding hydrogens is 308 g/mol. The molecule has 1 heterocycles. The molecule has 0 spiro atoms. The molecule has 2 amide bonds. The van der Waals surface area contributed by atoms with Crippen molar-refractivity contribution in [2.45, 2.75) is 25.4 Å². The number of hydrogen-bond acceptors (Lipinski definition) is 4. The summed E-state index contributed by atoms with van der Waals surface area (Å²) in [4.78, 5) is 24.2. The monoisotopic (exact) mass is 328 g/mol. The van der Waals surface area contributed by atoms with Gasteiger partial charge in [-0.05, 0) is 30.5 Å². The molecule has 0 bridgehead atoms. The van der Waals surface area contributed by atoms with Gasteiger partial charge in [0.25, 0.3) is 11.8 Å². The summed E-state index contributed by atoms with van der Waals surface area (Å²) in [6.45, 7) is 0.397. The minimum Gasteiger partial charge on any atom is -0.497 e. The molecule has 0 atom stereocenters. The van der Waals surface area contributed by atoms with Gasteiger partial charge < -0.3 is 15.4 Å². The minimum absolute atomic E-state index is 0.200. The Labute approximate surface area is 140 Å². The van der Waals surface area contributed by atoms with Crippen molar-refractivity contribution in [1.29, 1.82) is 0 Å². The molecule has 126 valence electrons. The Morgan fingerprint density at radius 2 is 1.96 bits per heavy atom. The normalized spacial score (nSPS) is 13.4. The van der Waals surface area contributed by atoms with Crippen molar-refractivity contribution in [2.24, 2.45) is 0 Å². The van der Waals surface area contributed by atoms with Crippen LogP contribution in [0.15, 0.2) is 30.3 Å². The first-order valence-electron chi connectivity index (χ1n) is 7.84. The molecule has 7 nitrogen and oxygen atoms in total. The summed E-state index contributed by atoms with van der Waals surface area (Å²) in [5.41, 5.74) is 1.58. The van der Waals surface area contributed by atoms with Crippen LogP contribution in [-0.4, -0.2) is 41.8 Å². The summed E-state index contributed by atoms with van der Waals surface area (Å²) in [6, 6.07) is 9.28. The predicted octanol–water partition coefficient (Wildman–Crippen LogP) is 1.19. The fourth-order valence-electron chi connectivity index (χ4n) is 2.35. The van der Waals surface area contributed by atoms with Gasteiger partial charge in [-0.3, -0.25) is 14.3 Å². The Morgan fingerprint density at radius 1 is 1.25 bits per heavy atom. The Morgan fingerprint density at radius 3 is 2.54 bits per heavy atom. The average molecular weight is 328 g/mol. The van der Waals surface area contributed by atoms with Gasteiger partial charge in [-0.2, -0.15) is 5.10 Å². The number of aromatic nitrogens is 2. The van der Waals surface area contributed by atoms with Gasteiger partial charge >= 0.3 is 0 Å². The molecule has 24 heavy (non-hydrogen) atoms. The third-order valence-corrected chi connectivity index (χ3v) is 3.88. The third kappa shape index (κ3) is 3.56. The van der Waals surface area contributed by atoms with E-state index in [1.807, 2.05) is 24.3 Å². The first-order chi connectivity index (χ1) is 11.6. The number of nitrogens with one attached hydrogen (secondary N) is 2. The number of ether oxygens (including phenoxy) is 1. The van der Waals surface area contributed by atoms with Crippen LogP contribution in [0.1, 0.15) is 39.4 Å². The number of amides is 2. The zero-order valence-corrected chi connectivity index (χ0v) is 13.7. The lowest BCUT2D eigenvalue weighted by molar-refractivity contribution is 0.0937. The molecule has 1 aliphatic rings. The van der Waals surface area contributed by atoms with Crippen LogP contribution in [-0.2, 0) is 6.54 Å². The van der Waals surface area contributed by atoms with Crippen LogP contribution in [0.4, 0.5) is 0 Å². The molecule has 2 aromatic rings. The average Bonchev–Trinajstić information content (AvgIpc) is 3.31. The number of carbonyl (C=O) groups is 2. The summed E-state index contributed by atoms with van der Waals surface area (Å²) < 4.78 is 6.70. The van der Waals surface area contributed by atoms with E-state index in [0.29, 0.717) is 12.2 Å². The first kappa shape index (κ1) is 16.0. The maximum Gasteiger partial charge on any atom is 0.271 e. The fraction of sp³-hybridized carbons (Fsp3) is 0.353. The fourth-order valence-corrected chi connectivity index (χ4v) is 2.35. The van der Waals surface area contributed by atoms with Crippen LogP contribution in [0, 0.1) is 0 Å². The molecule has 3 rings (SSSR count). The Kier molecular flexibility index (Phi) is 4.50. The molecule has 1 saturated carbocycles. The van der Waals surface area contributed by atoms with Gasteiger partial charge in [-0.25, -0.2) is 0 Å². The van der Waals surface area contributed by atoms with Crippen molar-refractivity contribution in [3.8, 4) is 5.75 Å². The third-order valence-electron chi connectivity index (χ3n) is 3.88. The smallest absolute Gasteiger partial charge is 0.271 e. The second-order valence-electron chi connectivity index (χ2n) is 5.75. The molecule has 1 aliphatic carbocycles. The highest BCUT2D eigenvalue weighted by molar-refractivity contribution is 5.98. The summed E-state index contributed by atoms with van der Waals surface area (Å²) in [6.07, 6.45) is 2.00. The van der Waals surface area contributed by atoms with Gasteiger partial charge in [0.15, 0.2) is 5.69 Å². The zero-order chi connectivity index (χ0) is 17.1. The van der Waals surface area contributed by atoms with Crippen LogP contribution in [0.3, 0.4) is 0 Å². The topological polar surface area (TPSA) is 85.2 Å². The highest BCUT2D eigenvalue weighted by Crippen LogP contribution is 2.20. The maximum atomic E-state index is 12.4. The lowest BCUT2D eigenvalue weighted by atomic mass is 10.2. The van der Waals surface area contributed by atoms with E-state index < -0.39 is 0 Å². The minimum atomic E-state index is -0.316. The van der Waals surface area contributed by atoms with E-state index in [9.17, 15) is 9.59 Å². The van der Waals surface area contributed by atoms with Crippen LogP contribution in [0.5, 0.6) is 5.75 Å². The Bertz CT molecular complexity index is 748. The molecule has 0 radical (unpaired) electrons. The van der Waals surface area contributed by atoms with Crippen molar-refractivity contribution >= 4 is 11.8 Å². The van der Waals surface area contributed by atoms with E-state index in [0.717, 1.165) is 24.2 Å². The number of carbonyl (C=O) groups excluding carboxylic acids is 2. The van der Waals surface area contributed by atoms with E-state index >= 15 is 0 Å². The molecule has 1 aromatic heterocycles. The highest BCUT2D eigenvalue weighted by atomic mass is 16.5. The second-order valence-corrected chi connectivity index (χ2v) is 5.75. The number of methoxy groups -OCH3 is 1. The molecule has 7 heteroatoms. The van der Waals surface area contributed by atoms with E-state index in [4.69, 9.17) is 4.74 Å². The van der Waals surface area contributed by atoms with Gasteiger partial charge in [0, 0.05) is 19.2 Å². The maximum absolute atomic E-state index is 12.4. The van der Waals surface area contributed by atoms with Gasteiger partial charge in [0.05, 0.1) is 13.7 Å². The molecule has 0 unspecified atom stereocenters. The van der Waals surface area contributed by atoms with E-state index in [-0.39, 0.29) is 23.6 Å². The summed E-state index contributed by atoms with van der Waals surface area (Å²) in [5.74, 6) is 0.245. The van der Waals surface area contributed by atoms with Gasteiger partial charge in [-0.1, -0.05) is 12.1 Å². The predicted molar refractivity (Wildman–Crippen MR) is 88.2 cm³/mol. The highest BCUT2D eigenvalue weighted by Gasteiger charge is 2.26. The summed E-state index contributed by atoms with van der Waals surface area (Å²) in [7, 11) is 3.15. The molecule has 0 saturated heterocycles. The number of hydrogen-bond donors (Lipinski definition) is 2. The van der Waals surface area contributed by atoms with Crippen molar-refractivity contribution < 1.29 is 14.3 Å².